The first kappa shape index (κ1) is 14.9. The van der Waals surface area contributed by atoms with Crippen LogP contribution >= 0.6 is 0 Å². The Morgan fingerprint density at radius 3 is 2.71 bits per heavy atom. The maximum absolute atomic E-state index is 13.3. The molecule has 1 N–H and O–H groups in total. The van der Waals surface area contributed by atoms with E-state index < -0.39 is 10.7 Å². The minimum absolute atomic E-state index is 0.107. The molecule has 5 nitrogen and oxygen atoms in total. The van der Waals surface area contributed by atoms with E-state index in [4.69, 9.17) is 4.74 Å². The van der Waals surface area contributed by atoms with Gasteiger partial charge in [0.1, 0.15) is 11.6 Å². The van der Waals surface area contributed by atoms with Gasteiger partial charge >= 0.3 is 5.69 Å². The van der Waals surface area contributed by atoms with E-state index in [9.17, 15) is 14.5 Å². The first-order chi connectivity index (χ1) is 10.1. The number of halogens is 1. The van der Waals surface area contributed by atoms with Crippen LogP contribution in [-0.2, 0) is 6.54 Å². The van der Waals surface area contributed by atoms with Crippen LogP contribution in [0.4, 0.5) is 10.1 Å². The van der Waals surface area contributed by atoms with Crippen LogP contribution in [0.15, 0.2) is 42.5 Å². The third-order valence-electron chi connectivity index (χ3n) is 2.88. The zero-order valence-electron chi connectivity index (χ0n) is 11.5. The molecule has 110 valence electrons. The lowest BCUT2D eigenvalue weighted by atomic mass is 10.2. The van der Waals surface area contributed by atoms with Crippen LogP contribution in [0.2, 0.25) is 0 Å². The normalized spacial score (nSPS) is 10.4. The van der Waals surface area contributed by atoms with Crippen molar-refractivity contribution in [3.05, 3.63) is 64.0 Å². The highest BCUT2D eigenvalue weighted by Gasteiger charge is 2.17. The molecule has 0 aliphatic rings. The first-order valence-electron chi connectivity index (χ1n) is 6.52. The standard InChI is InChI=1S/C15H15FN2O3/c1-2-17-10-11-5-3-4-6-14(11)21-15-9-12(16)7-8-13(15)18(19)20/h3-9,17H,2,10H2,1H3. The van der Waals surface area contributed by atoms with E-state index in [0.717, 1.165) is 30.3 Å². The Morgan fingerprint density at radius 1 is 1.24 bits per heavy atom. The molecule has 0 atom stereocenters. The number of nitrogens with one attached hydrogen (secondary N) is 1. The molecule has 0 saturated carbocycles. The second-order valence-corrected chi connectivity index (χ2v) is 4.36. The molecule has 0 aliphatic carbocycles. The van der Waals surface area contributed by atoms with Gasteiger partial charge in [0.2, 0.25) is 5.75 Å². The molecule has 0 amide bonds. The van der Waals surface area contributed by atoms with E-state index in [1.165, 1.54) is 0 Å². The Balaban J connectivity index is 2.34. The lowest BCUT2D eigenvalue weighted by molar-refractivity contribution is -0.385. The van der Waals surface area contributed by atoms with Gasteiger partial charge in [0.15, 0.2) is 0 Å². The van der Waals surface area contributed by atoms with Crippen molar-refractivity contribution in [2.24, 2.45) is 0 Å². The zero-order chi connectivity index (χ0) is 15.2. The molecule has 0 fully saturated rings. The average Bonchev–Trinajstić information content (AvgIpc) is 2.46. The molecule has 0 spiro atoms. The lowest BCUT2D eigenvalue weighted by Crippen LogP contribution is -2.12. The van der Waals surface area contributed by atoms with Crippen molar-refractivity contribution in [1.82, 2.24) is 5.32 Å². The van der Waals surface area contributed by atoms with Crippen LogP contribution in [0.1, 0.15) is 12.5 Å². The van der Waals surface area contributed by atoms with Crippen LogP contribution in [0, 0.1) is 15.9 Å². The number of para-hydroxylation sites is 1. The van der Waals surface area contributed by atoms with E-state index in [-0.39, 0.29) is 11.4 Å². The van der Waals surface area contributed by atoms with E-state index >= 15 is 0 Å². The summed E-state index contributed by atoms with van der Waals surface area (Å²) in [5.41, 5.74) is 0.576. The minimum Gasteiger partial charge on any atom is -0.450 e. The van der Waals surface area contributed by atoms with Gasteiger partial charge in [-0.15, -0.1) is 0 Å². The molecule has 2 rings (SSSR count). The molecule has 0 bridgehead atoms. The van der Waals surface area contributed by atoms with Gasteiger partial charge in [-0.1, -0.05) is 25.1 Å². The van der Waals surface area contributed by atoms with Crippen molar-refractivity contribution < 1.29 is 14.1 Å². The molecule has 0 aliphatic heterocycles. The molecule has 2 aromatic rings. The highest BCUT2D eigenvalue weighted by Crippen LogP contribution is 2.33. The summed E-state index contributed by atoms with van der Waals surface area (Å²) in [4.78, 5) is 10.4. The largest absolute Gasteiger partial charge is 0.450 e. The second kappa shape index (κ2) is 6.81. The van der Waals surface area contributed by atoms with Crippen LogP contribution in [0.3, 0.4) is 0 Å². The van der Waals surface area contributed by atoms with Crippen molar-refractivity contribution in [3.63, 3.8) is 0 Å². The summed E-state index contributed by atoms with van der Waals surface area (Å²) in [5, 5.41) is 14.1. The number of rotatable bonds is 6. The molecule has 0 saturated heterocycles. The molecule has 0 heterocycles. The third kappa shape index (κ3) is 3.76. The van der Waals surface area contributed by atoms with Gasteiger partial charge in [-0.05, 0) is 18.7 Å². The predicted molar refractivity (Wildman–Crippen MR) is 77.0 cm³/mol. The molecule has 6 heteroatoms. The predicted octanol–water partition coefficient (Wildman–Crippen LogP) is 3.64. The topological polar surface area (TPSA) is 64.4 Å². The Hall–Kier alpha value is -2.47. The number of nitro benzene ring substituents is 1. The van der Waals surface area contributed by atoms with Gasteiger partial charge in [0.05, 0.1) is 4.92 Å². The molecular weight excluding hydrogens is 275 g/mol. The third-order valence-corrected chi connectivity index (χ3v) is 2.88. The van der Waals surface area contributed by atoms with E-state index in [1.54, 1.807) is 12.1 Å². The summed E-state index contributed by atoms with van der Waals surface area (Å²) in [7, 11) is 0. The number of nitrogens with zero attached hydrogens (tertiary/aromatic N) is 1. The van der Waals surface area contributed by atoms with Crippen LogP contribution < -0.4 is 10.1 Å². The molecule has 0 aromatic heterocycles. The van der Waals surface area contributed by atoms with Gasteiger partial charge < -0.3 is 10.1 Å². The van der Waals surface area contributed by atoms with Crippen LogP contribution in [0.25, 0.3) is 0 Å². The Morgan fingerprint density at radius 2 is 2.00 bits per heavy atom. The van der Waals surface area contributed by atoms with Gasteiger partial charge in [0.25, 0.3) is 0 Å². The molecule has 21 heavy (non-hydrogen) atoms. The van der Waals surface area contributed by atoms with Crippen molar-refractivity contribution in [2.75, 3.05) is 6.54 Å². The number of benzene rings is 2. The Kier molecular flexibility index (Phi) is 4.84. The molecule has 0 unspecified atom stereocenters. The fourth-order valence-corrected chi connectivity index (χ4v) is 1.85. The molecular formula is C15H15FN2O3. The fourth-order valence-electron chi connectivity index (χ4n) is 1.85. The van der Waals surface area contributed by atoms with Crippen LogP contribution in [-0.4, -0.2) is 11.5 Å². The maximum atomic E-state index is 13.3. The number of nitro groups is 1. The first-order valence-corrected chi connectivity index (χ1v) is 6.52. The van der Waals surface area contributed by atoms with Crippen molar-refractivity contribution in [2.45, 2.75) is 13.5 Å². The average molecular weight is 290 g/mol. The van der Waals surface area contributed by atoms with Gasteiger partial charge in [-0.3, -0.25) is 10.1 Å². The van der Waals surface area contributed by atoms with Gasteiger partial charge in [-0.25, -0.2) is 4.39 Å². The van der Waals surface area contributed by atoms with Gasteiger partial charge in [-0.2, -0.15) is 0 Å². The Labute approximate surface area is 121 Å². The van der Waals surface area contributed by atoms with Crippen LogP contribution in [0.5, 0.6) is 11.5 Å². The number of ether oxygens (including phenoxy) is 1. The Bertz CT molecular complexity index is 647. The van der Waals surface area contributed by atoms with Gasteiger partial charge in [0, 0.05) is 24.2 Å². The quantitative estimate of drug-likeness (QED) is 0.651. The van der Waals surface area contributed by atoms with E-state index in [1.807, 2.05) is 19.1 Å². The monoisotopic (exact) mass is 290 g/mol. The summed E-state index contributed by atoms with van der Waals surface area (Å²) in [5.74, 6) is -0.226. The van der Waals surface area contributed by atoms with Crippen molar-refractivity contribution >= 4 is 5.69 Å². The number of hydrogen-bond donors (Lipinski definition) is 1. The molecule has 0 radical (unpaired) electrons. The summed E-state index contributed by atoms with van der Waals surface area (Å²) in [6, 6.07) is 10.3. The second-order valence-electron chi connectivity index (χ2n) is 4.36. The summed E-state index contributed by atoms with van der Waals surface area (Å²) < 4.78 is 18.9. The summed E-state index contributed by atoms with van der Waals surface area (Å²) >= 11 is 0. The van der Waals surface area contributed by atoms with E-state index in [2.05, 4.69) is 5.32 Å². The highest BCUT2D eigenvalue weighted by atomic mass is 19.1. The summed E-state index contributed by atoms with van der Waals surface area (Å²) in [6.07, 6.45) is 0. The molecule has 2 aromatic carbocycles. The lowest BCUT2D eigenvalue weighted by Gasteiger charge is -2.11. The maximum Gasteiger partial charge on any atom is 0.311 e. The fraction of sp³-hybridized carbons (Fsp3) is 0.200. The summed E-state index contributed by atoms with van der Waals surface area (Å²) in [6.45, 7) is 3.32. The zero-order valence-corrected chi connectivity index (χ0v) is 11.5. The van der Waals surface area contributed by atoms with Crippen molar-refractivity contribution in [3.8, 4) is 11.5 Å². The highest BCUT2D eigenvalue weighted by molar-refractivity contribution is 5.49. The SMILES string of the molecule is CCNCc1ccccc1Oc1cc(F)ccc1[N+](=O)[O-]. The minimum atomic E-state index is -0.596. The smallest absolute Gasteiger partial charge is 0.311 e. The number of hydrogen-bond acceptors (Lipinski definition) is 4. The van der Waals surface area contributed by atoms with E-state index in [0.29, 0.717) is 12.3 Å². The van der Waals surface area contributed by atoms with Crippen molar-refractivity contribution in [1.29, 1.82) is 0 Å².